The summed E-state index contributed by atoms with van der Waals surface area (Å²) in [5.74, 6) is 0.123. The van der Waals surface area contributed by atoms with Gasteiger partial charge in [0, 0.05) is 16.5 Å². The van der Waals surface area contributed by atoms with Gasteiger partial charge in [-0.1, -0.05) is 29.3 Å². The number of fused-ring (bicyclic) bond motifs is 1. The number of phenols is 1. The molecule has 1 heterocycles. The highest BCUT2D eigenvalue weighted by Gasteiger charge is 2.13. The topological polar surface area (TPSA) is 94.5 Å². The van der Waals surface area contributed by atoms with E-state index in [4.69, 9.17) is 11.6 Å². The van der Waals surface area contributed by atoms with E-state index in [0.29, 0.717) is 21.7 Å². The maximum atomic E-state index is 12.2. The lowest BCUT2D eigenvalue weighted by molar-refractivity contribution is 0.472. The van der Waals surface area contributed by atoms with Crippen LogP contribution in [0.1, 0.15) is 16.7 Å². The fourth-order valence-corrected chi connectivity index (χ4v) is 3.43. The monoisotopic (exact) mass is 377 g/mol. The summed E-state index contributed by atoms with van der Waals surface area (Å²) in [6.45, 7) is 3.64. The molecular weight excluding hydrogens is 362 g/mol. The van der Waals surface area contributed by atoms with Crippen LogP contribution in [0.2, 0.25) is 5.15 Å². The van der Waals surface area contributed by atoms with Crippen LogP contribution >= 0.6 is 11.6 Å². The lowest BCUT2D eigenvalue weighted by atomic mass is 10.1. The van der Waals surface area contributed by atoms with Gasteiger partial charge < -0.3 is 10.1 Å². The number of rotatable bonds is 4. The number of hydrogen-bond donors (Lipinski definition) is 3. The second-order valence-corrected chi connectivity index (χ2v) is 7.74. The highest BCUT2D eigenvalue weighted by atomic mass is 35.5. The van der Waals surface area contributed by atoms with Crippen LogP contribution < -0.4 is 4.83 Å². The molecule has 6 nitrogen and oxygen atoms in total. The molecule has 0 aliphatic rings. The van der Waals surface area contributed by atoms with Crippen molar-refractivity contribution in [2.24, 2.45) is 5.10 Å². The van der Waals surface area contributed by atoms with E-state index in [-0.39, 0.29) is 10.6 Å². The van der Waals surface area contributed by atoms with Crippen LogP contribution in [0.25, 0.3) is 10.9 Å². The maximum Gasteiger partial charge on any atom is 0.276 e. The van der Waals surface area contributed by atoms with Gasteiger partial charge in [0.1, 0.15) is 10.9 Å². The molecule has 25 heavy (non-hydrogen) atoms. The van der Waals surface area contributed by atoms with Crippen molar-refractivity contribution >= 4 is 38.7 Å². The lowest BCUT2D eigenvalue weighted by Crippen LogP contribution is -2.18. The third-order valence-electron chi connectivity index (χ3n) is 3.80. The average Bonchev–Trinajstić information content (AvgIpc) is 2.83. The van der Waals surface area contributed by atoms with Gasteiger partial charge in [-0.05, 0) is 43.7 Å². The Morgan fingerprint density at radius 1 is 1.20 bits per heavy atom. The number of hydrazone groups is 1. The number of sulfonamides is 1. The van der Waals surface area contributed by atoms with Crippen molar-refractivity contribution in [2.75, 3.05) is 0 Å². The molecule has 0 aliphatic heterocycles. The highest BCUT2D eigenvalue weighted by molar-refractivity contribution is 7.89. The van der Waals surface area contributed by atoms with Crippen LogP contribution in [-0.2, 0) is 10.0 Å². The van der Waals surface area contributed by atoms with Gasteiger partial charge in [0.2, 0.25) is 0 Å². The van der Waals surface area contributed by atoms with Crippen molar-refractivity contribution in [1.82, 2.24) is 9.82 Å². The Morgan fingerprint density at radius 3 is 2.56 bits per heavy atom. The van der Waals surface area contributed by atoms with Crippen molar-refractivity contribution in [1.29, 1.82) is 0 Å². The van der Waals surface area contributed by atoms with Crippen LogP contribution in [0.4, 0.5) is 0 Å². The van der Waals surface area contributed by atoms with E-state index in [1.54, 1.807) is 31.2 Å². The van der Waals surface area contributed by atoms with Crippen LogP contribution in [-0.4, -0.2) is 24.7 Å². The number of H-pyrrole nitrogens is 1. The summed E-state index contributed by atoms with van der Waals surface area (Å²) >= 11 is 6.15. The summed E-state index contributed by atoms with van der Waals surface area (Å²) in [7, 11) is -3.76. The summed E-state index contributed by atoms with van der Waals surface area (Å²) in [5, 5.41) is 14.6. The van der Waals surface area contributed by atoms with Crippen molar-refractivity contribution in [3.63, 3.8) is 0 Å². The smallest absolute Gasteiger partial charge is 0.276 e. The Labute approximate surface area is 150 Å². The van der Waals surface area contributed by atoms with Crippen molar-refractivity contribution in [3.8, 4) is 5.75 Å². The molecule has 3 N–H and O–H groups in total. The van der Waals surface area contributed by atoms with Gasteiger partial charge in [0.05, 0.1) is 11.1 Å². The minimum absolute atomic E-state index is 0.119. The zero-order valence-electron chi connectivity index (χ0n) is 13.5. The van der Waals surface area contributed by atoms with Gasteiger partial charge in [-0.2, -0.15) is 13.5 Å². The predicted molar refractivity (Wildman–Crippen MR) is 98.8 cm³/mol. The number of nitrogens with one attached hydrogen (secondary N) is 2. The van der Waals surface area contributed by atoms with Crippen LogP contribution in [0.15, 0.2) is 46.4 Å². The third kappa shape index (κ3) is 3.47. The summed E-state index contributed by atoms with van der Waals surface area (Å²) in [5.41, 5.74) is 2.87. The Kier molecular flexibility index (Phi) is 4.45. The molecule has 0 atom stereocenters. The molecule has 2 aromatic carbocycles. The molecule has 0 fully saturated rings. The summed E-state index contributed by atoms with van der Waals surface area (Å²) in [4.78, 5) is 5.24. The molecule has 3 rings (SSSR count). The second-order valence-electron chi connectivity index (χ2n) is 5.70. The minimum Gasteiger partial charge on any atom is -0.508 e. The average molecular weight is 378 g/mol. The van der Waals surface area contributed by atoms with Crippen molar-refractivity contribution in [2.45, 2.75) is 18.7 Å². The van der Waals surface area contributed by atoms with Gasteiger partial charge in [-0.3, -0.25) is 0 Å². The van der Waals surface area contributed by atoms with E-state index in [1.807, 2.05) is 6.92 Å². The molecule has 0 radical (unpaired) electrons. The van der Waals surface area contributed by atoms with Gasteiger partial charge >= 0.3 is 0 Å². The second kappa shape index (κ2) is 6.42. The molecule has 130 valence electrons. The van der Waals surface area contributed by atoms with Crippen molar-refractivity contribution < 1.29 is 13.5 Å². The molecule has 0 spiro atoms. The number of aromatic nitrogens is 1. The van der Waals surface area contributed by atoms with E-state index in [1.165, 1.54) is 18.3 Å². The molecule has 0 unspecified atom stereocenters. The maximum absolute atomic E-state index is 12.2. The first-order chi connectivity index (χ1) is 11.8. The molecular formula is C17H16ClN3O3S. The molecule has 1 aromatic heterocycles. The van der Waals surface area contributed by atoms with E-state index in [0.717, 1.165) is 11.1 Å². The number of phenolic OH excluding ortho intramolecular Hbond substituents is 1. The molecule has 0 saturated heterocycles. The lowest BCUT2D eigenvalue weighted by Gasteiger charge is -2.03. The number of nitrogens with zero attached hydrogens (tertiary/aromatic N) is 1. The number of aromatic hydroxyl groups is 1. The SMILES string of the molecule is Cc1ccc(S(=O)(=O)NN=Cc2c(Cl)[nH]c3cc(C)c(O)cc23)cc1. The normalized spacial score (nSPS) is 12.1. The first-order valence-corrected chi connectivity index (χ1v) is 9.26. The molecule has 0 saturated carbocycles. The molecule has 0 amide bonds. The van der Waals surface area contributed by atoms with Gasteiger partial charge in [0.25, 0.3) is 10.0 Å². The predicted octanol–water partition coefficient (Wildman–Crippen LogP) is 3.46. The minimum atomic E-state index is -3.76. The number of halogens is 1. The Morgan fingerprint density at radius 2 is 1.88 bits per heavy atom. The third-order valence-corrected chi connectivity index (χ3v) is 5.34. The summed E-state index contributed by atoms with van der Waals surface area (Å²) in [6.07, 6.45) is 1.31. The standard InChI is InChI=1S/C17H16ClN3O3S/c1-10-3-5-12(6-4-10)25(23,24)21-19-9-14-13-8-16(22)11(2)7-15(13)20-17(14)18/h3-9,20-22H,1-2H3. The molecule has 0 bridgehead atoms. The van der Waals surface area contributed by atoms with Crippen LogP contribution in [0.3, 0.4) is 0 Å². The van der Waals surface area contributed by atoms with Crippen molar-refractivity contribution in [3.05, 3.63) is 58.2 Å². The van der Waals surface area contributed by atoms with Gasteiger partial charge in [-0.15, -0.1) is 0 Å². The molecule has 8 heteroatoms. The highest BCUT2D eigenvalue weighted by Crippen LogP contribution is 2.30. The Bertz CT molecular complexity index is 1070. The summed E-state index contributed by atoms with van der Waals surface area (Å²) < 4.78 is 24.4. The molecule has 0 aliphatic carbocycles. The fourth-order valence-electron chi connectivity index (χ4n) is 2.38. The van der Waals surface area contributed by atoms with Gasteiger partial charge in [-0.25, -0.2) is 4.83 Å². The first-order valence-electron chi connectivity index (χ1n) is 7.40. The number of hydrogen-bond acceptors (Lipinski definition) is 4. The van der Waals surface area contributed by atoms with E-state index < -0.39 is 10.0 Å². The zero-order valence-corrected chi connectivity index (χ0v) is 15.1. The van der Waals surface area contributed by atoms with E-state index >= 15 is 0 Å². The molecule has 3 aromatic rings. The van der Waals surface area contributed by atoms with Crippen LogP contribution in [0.5, 0.6) is 5.75 Å². The largest absolute Gasteiger partial charge is 0.508 e. The summed E-state index contributed by atoms with van der Waals surface area (Å²) in [6, 6.07) is 9.74. The van der Waals surface area contributed by atoms with E-state index in [2.05, 4.69) is 14.9 Å². The Hall–Kier alpha value is -2.51. The van der Waals surface area contributed by atoms with E-state index in [9.17, 15) is 13.5 Å². The number of aromatic amines is 1. The Balaban J connectivity index is 1.90. The van der Waals surface area contributed by atoms with Crippen LogP contribution in [0, 0.1) is 13.8 Å². The zero-order chi connectivity index (χ0) is 18.2. The van der Waals surface area contributed by atoms with Gasteiger partial charge in [0.15, 0.2) is 0 Å². The number of benzene rings is 2. The fraction of sp³-hybridized carbons (Fsp3) is 0.118. The quantitative estimate of drug-likeness (QED) is 0.480. The first kappa shape index (κ1) is 17.3. The number of aryl methyl sites for hydroxylation is 2.